The van der Waals surface area contributed by atoms with Gasteiger partial charge in [0, 0.05) is 24.0 Å². The summed E-state index contributed by atoms with van der Waals surface area (Å²) in [5, 5.41) is 0. The molecule has 0 N–H and O–H groups in total. The monoisotopic (exact) mass is 275 g/mol. The van der Waals surface area contributed by atoms with Crippen LogP contribution in [0.5, 0.6) is 0 Å². The largest absolute Gasteiger partial charge is 0.0590 e. The molecule has 0 bridgehead atoms. The molecule has 0 saturated heterocycles. The molecule has 0 aromatic heterocycles. The smallest absolute Gasteiger partial charge is 0.0146 e. The molecule has 2 aromatic rings. The molecule has 2 aromatic carbocycles. The van der Waals surface area contributed by atoms with Gasteiger partial charge in [-0.3, -0.25) is 0 Å². The van der Waals surface area contributed by atoms with E-state index in [0.717, 1.165) is 0 Å². The summed E-state index contributed by atoms with van der Waals surface area (Å²) in [6, 6.07) is 17.7. The molecule has 0 fully saturated rings. The summed E-state index contributed by atoms with van der Waals surface area (Å²) in [5.74, 6) is 0. The summed E-state index contributed by atoms with van der Waals surface area (Å²) >= 11 is 0. The molecule has 0 heterocycles. The SMILES string of the molecule is Cc1ccc(C(C)(C)c2ccc(C)cc2)cc1.[V]. The molecular weight excluding hydrogens is 255 g/mol. The van der Waals surface area contributed by atoms with Crippen LogP contribution in [0.4, 0.5) is 0 Å². The summed E-state index contributed by atoms with van der Waals surface area (Å²) < 4.78 is 0. The maximum atomic E-state index is 2.28. The Balaban J connectivity index is 0.00000162. The van der Waals surface area contributed by atoms with Gasteiger partial charge < -0.3 is 0 Å². The van der Waals surface area contributed by atoms with E-state index in [4.69, 9.17) is 0 Å². The fraction of sp³-hybridized carbons (Fsp3) is 0.294. The van der Waals surface area contributed by atoms with Crippen LogP contribution in [0, 0.1) is 13.8 Å². The predicted octanol–water partition coefficient (Wildman–Crippen LogP) is 4.63. The molecule has 2 rings (SSSR count). The zero-order valence-corrected chi connectivity index (χ0v) is 13.0. The molecular formula is C17H20V. The molecule has 0 amide bonds. The van der Waals surface area contributed by atoms with Crippen molar-refractivity contribution in [1.82, 2.24) is 0 Å². The van der Waals surface area contributed by atoms with Gasteiger partial charge in [-0.25, -0.2) is 0 Å². The molecule has 0 aliphatic carbocycles. The fourth-order valence-corrected chi connectivity index (χ4v) is 2.11. The number of hydrogen-bond donors (Lipinski definition) is 0. The van der Waals surface area contributed by atoms with Gasteiger partial charge in [0.2, 0.25) is 0 Å². The van der Waals surface area contributed by atoms with Gasteiger partial charge in [0.15, 0.2) is 0 Å². The minimum Gasteiger partial charge on any atom is -0.0590 e. The second kappa shape index (κ2) is 5.78. The van der Waals surface area contributed by atoms with Crippen molar-refractivity contribution in [2.45, 2.75) is 33.1 Å². The molecule has 18 heavy (non-hydrogen) atoms. The van der Waals surface area contributed by atoms with E-state index in [1.165, 1.54) is 22.3 Å². The second-order valence-corrected chi connectivity index (χ2v) is 5.36. The Kier molecular flexibility index (Phi) is 4.84. The van der Waals surface area contributed by atoms with Crippen molar-refractivity contribution in [2.24, 2.45) is 0 Å². The predicted molar refractivity (Wildman–Crippen MR) is 74.5 cm³/mol. The third-order valence-corrected chi connectivity index (χ3v) is 3.55. The van der Waals surface area contributed by atoms with Crippen LogP contribution in [0.15, 0.2) is 48.5 Å². The van der Waals surface area contributed by atoms with E-state index in [-0.39, 0.29) is 24.0 Å². The van der Waals surface area contributed by atoms with E-state index in [9.17, 15) is 0 Å². The molecule has 0 nitrogen and oxygen atoms in total. The quantitative estimate of drug-likeness (QED) is 0.749. The second-order valence-electron chi connectivity index (χ2n) is 5.36. The Hall–Kier alpha value is -0.976. The molecule has 0 aliphatic rings. The molecule has 0 saturated carbocycles. The maximum Gasteiger partial charge on any atom is 0.0146 e. The van der Waals surface area contributed by atoms with E-state index in [2.05, 4.69) is 76.2 Å². The first kappa shape index (κ1) is 15.1. The Morgan fingerprint density at radius 2 is 0.889 bits per heavy atom. The summed E-state index contributed by atoms with van der Waals surface area (Å²) in [6.07, 6.45) is 0. The van der Waals surface area contributed by atoms with Crippen molar-refractivity contribution in [3.05, 3.63) is 70.8 Å². The average Bonchev–Trinajstić information content (AvgIpc) is 2.30. The maximum absolute atomic E-state index is 2.28. The Bertz CT molecular complexity index is 445. The van der Waals surface area contributed by atoms with E-state index in [0.29, 0.717) is 0 Å². The van der Waals surface area contributed by atoms with Gasteiger partial charge in [0.1, 0.15) is 0 Å². The van der Waals surface area contributed by atoms with Gasteiger partial charge in [-0.2, -0.15) is 0 Å². The Morgan fingerprint density at radius 3 is 1.17 bits per heavy atom. The van der Waals surface area contributed by atoms with Gasteiger partial charge >= 0.3 is 0 Å². The molecule has 0 spiro atoms. The molecule has 1 heteroatoms. The molecule has 0 unspecified atom stereocenters. The average molecular weight is 275 g/mol. The standard InChI is InChI=1S/C17H20.V/c1-13-5-9-15(10-6-13)17(3,4)16-11-7-14(2)8-12-16;/h5-12H,1-4H3;. The third-order valence-electron chi connectivity index (χ3n) is 3.55. The van der Waals surface area contributed by atoms with Crippen LogP contribution in [0.25, 0.3) is 0 Å². The summed E-state index contributed by atoms with van der Waals surface area (Å²) in [6.45, 7) is 8.82. The summed E-state index contributed by atoms with van der Waals surface area (Å²) in [4.78, 5) is 0. The van der Waals surface area contributed by atoms with Gasteiger partial charge in [-0.05, 0) is 25.0 Å². The zero-order valence-electron chi connectivity index (χ0n) is 11.6. The van der Waals surface area contributed by atoms with E-state index < -0.39 is 0 Å². The number of rotatable bonds is 2. The number of aryl methyl sites for hydroxylation is 2. The normalized spacial score (nSPS) is 10.9. The van der Waals surface area contributed by atoms with Crippen molar-refractivity contribution >= 4 is 0 Å². The Morgan fingerprint density at radius 1 is 0.611 bits per heavy atom. The van der Waals surface area contributed by atoms with E-state index >= 15 is 0 Å². The summed E-state index contributed by atoms with van der Waals surface area (Å²) in [5.41, 5.74) is 5.43. The molecule has 0 aliphatic heterocycles. The first-order valence-electron chi connectivity index (χ1n) is 6.14. The molecule has 1 radical (unpaired) electrons. The van der Waals surface area contributed by atoms with Gasteiger partial charge in [0.25, 0.3) is 0 Å². The topological polar surface area (TPSA) is 0 Å². The van der Waals surface area contributed by atoms with Crippen LogP contribution >= 0.6 is 0 Å². The number of hydrogen-bond acceptors (Lipinski definition) is 0. The van der Waals surface area contributed by atoms with Crippen molar-refractivity contribution in [3.8, 4) is 0 Å². The Labute approximate surface area is 122 Å². The van der Waals surface area contributed by atoms with Crippen LogP contribution in [0.1, 0.15) is 36.1 Å². The first-order chi connectivity index (χ1) is 8.00. The minimum absolute atomic E-state index is 0. The van der Waals surface area contributed by atoms with Crippen molar-refractivity contribution in [1.29, 1.82) is 0 Å². The van der Waals surface area contributed by atoms with Crippen LogP contribution in [0.3, 0.4) is 0 Å². The minimum atomic E-state index is 0. The van der Waals surface area contributed by atoms with Crippen molar-refractivity contribution < 1.29 is 18.6 Å². The van der Waals surface area contributed by atoms with E-state index in [1.807, 2.05) is 0 Å². The number of benzene rings is 2. The van der Waals surface area contributed by atoms with Crippen molar-refractivity contribution in [2.75, 3.05) is 0 Å². The fourth-order valence-electron chi connectivity index (χ4n) is 2.11. The van der Waals surface area contributed by atoms with Gasteiger partial charge in [0.05, 0.1) is 0 Å². The van der Waals surface area contributed by atoms with Gasteiger partial charge in [-0.15, -0.1) is 0 Å². The molecule has 0 atom stereocenters. The zero-order chi connectivity index (χ0) is 12.5. The third kappa shape index (κ3) is 3.07. The van der Waals surface area contributed by atoms with Crippen LogP contribution in [-0.2, 0) is 24.0 Å². The van der Waals surface area contributed by atoms with Crippen LogP contribution in [-0.4, -0.2) is 0 Å². The van der Waals surface area contributed by atoms with Crippen molar-refractivity contribution in [3.63, 3.8) is 0 Å². The summed E-state index contributed by atoms with van der Waals surface area (Å²) in [7, 11) is 0. The van der Waals surface area contributed by atoms with E-state index in [1.54, 1.807) is 0 Å². The van der Waals surface area contributed by atoms with Gasteiger partial charge in [-0.1, -0.05) is 73.5 Å². The first-order valence-corrected chi connectivity index (χ1v) is 6.14. The van der Waals surface area contributed by atoms with Crippen LogP contribution in [0.2, 0.25) is 0 Å². The molecule has 93 valence electrons. The van der Waals surface area contributed by atoms with Crippen LogP contribution < -0.4 is 0 Å².